The zero-order valence-corrected chi connectivity index (χ0v) is 7.11. The molecule has 2 N–H and O–H groups in total. The molecule has 0 bridgehead atoms. The first-order valence-electron chi connectivity index (χ1n) is 3.81. The molecule has 4 nitrogen and oxygen atoms in total. The zero-order chi connectivity index (χ0) is 10.7. The Morgan fingerprint density at radius 3 is 2.71 bits per heavy atom. The van der Waals surface area contributed by atoms with Crippen LogP contribution in [0.3, 0.4) is 0 Å². The Morgan fingerprint density at radius 1 is 1.57 bits per heavy atom. The molecule has 1 aromatic rings. The van der Waals surface area contributed by atoms with E-state index < -0.39 is 23.5 Å². The maximum Gasteiger partial charge on any atom is 0.274 e. The Balaban J connectivity index is 3.22. The molecule has 0 saturated carbocycles. The molecule has 14 heavy (non-hydrogen) atoms. The molecule has 0 amide bonds. The third-order valence-corrected chi connectivity index (χ3v) is 1.75. The number of nitrogens with two attached hydrogens (primary N) is 1. The van der Waals surface area contributed by atoms with Crippen LogP contribution in [-0.2, 0) is 0 Å². The Labute approximate surface area is 78.5 Å². The SMILES string of the molecule is N[C@@H](CF)c1cc(F)ccc1[N+](=O)[O-]. The highest BCUT2D eigenvalue weighted by Gasteiger charge is 2.19. The zero-order valence-electron chi connectivity index (χ0n) is 7.11. The van der Waals surface area contributed by atoms with Crippen LogP contribution in [0.5, 0.6) is 0 Å². The molecule has 0 aliphatic rings. The highest BCUT2D eigenvalue weighted by atomic mass is 19.1. The van der Waals surface area contributed by atoms with E-state index in [1.807, 2.05) is 0 Å². The van der Waals surface area contributed by atoms with Crippen molar-refractivity contribution in [3.05, 3.63) is 39.7 Å². The van der Waals surface area contributed by atoms with Crippen LogP contribution in [0.1, 0.15) is 11.6 Å². The summed E-state index contributed by atoms with van der Waals surface area (Å²) in [7, 11) is 0. The van der Waals surface area contributed by atoms with Gasteiger partial charge >= 0.3 is 0 Å². The van der Waals surface area contributed by atoms with E-state index in [0.29, 0.717) is 0 Å². The van der Waals surface area contributed by atoms with E-state index in [0.717, 1.165) is 18.2 Å². The molecule has 1 rings (SSSR count). The summed E-state index contributed by atoms with van der Waals surface area (Å²) in [5.41, 5.74) is 4.76. The second kappa shape index (κ2) is 4.10. The molecule has 0 radical (unpaired) electrons. The average Bonchev–Trinajstić information content (AvgIpc) is 2.16. The van der Waals surface area contributed by atoms with Gasteiger partial charge in [0.05, 0.1) is 16.5 Å². The van der Waals surface area contributed by atoms with Crippen LogP contribution < -0.4 is 5.73 Å². The molecule has 0 aromatic heterocycles. The summed E-state index contributed by atoms with van der Waals surface area (Å²) < 4.78 is 24.9. The van der Waals surface area contributed by atoms with Crippen LogP contribution in [-0.4, -0.2) is 11.6 Å². The van der Waals surface area contributed by atoms with E-state index >= 15 is 0 Å². The van der Waals surface area contributed by atoms with E-state index in [9.17, 15) is 18.9 Å². The molecule has 0 heterocycles. The molecule has 76 valence electrons. The van der Waals surface area contributed by atoms with Gasteiger partial charge in [-0.1, -0.05) is 0 Å². The highest BCUT2D eigenvalue weighted by Crippen LogP contribution is 2.24. The van der Waals surface area contributed by atoms with Crippen molar-refractivity contribution in [3.8, 4) is 0 Å². The van der Waals surface area contributed by atoms with Gasteiger partial charge in [-0.3, -0.25) is 10.1 Å². The number of benzene rings is 1. The topological polar surface area (TPSA) is 69.2 Å². The lowest BCUT2D eigenvalue weighted by molar-refractivity contribution is -0.385. The summed E-state index contributed by atoms with van der Waals surface area (Å²) in [6, 6.07) is 1.63. The number of nitro groups is 1. The van der Waals surface area contributed by atoms with Gasteiger partial charge in [-0.2, -0.15) is 0 Å². The summed E-state index contributed by atoms with van der Waals surface area (Å²) in [5.74, 6) is -0.672. The first-order valence-corrected chi connectivity index (χ1v) is 3.81. The van der Waals surface area contributed by atoms with Gasteiger partial charge in [0.25, 0.3) is 5.69 Å². The van der Waals surface area contributed by atoms with Crippen molar-refractivity contribution in [2.45, 2.75) is 6.04 Å². The predicted octanol–water partition coefficient (Wildman–Crippen LogP) is 1.70. The van der Waals surface area contributed by atoms with Gasteiger partial charge in [-0.15, -0.1) is 0 Å². The smallest absolute Gasteiger partial charge is 0.274 e. The van der Waals surface area contributed by atoms with E-state index in [1.54, 1.807) is 0 Å². The van der Waals surface area contributed by atoms with Gasteiger partial charge < -0.3 is 5.73 Å². The average molecular weight is 202 g/mol. The fraction of sp³-hybridized carbons (Fsp3) is 0.250. The second-order valence-corrected chi connectivity index (χ2v) is 2.72. The number of rotatable bonds is 3. The molecule has 1 aromatic carbocycles. The van der Waals surface area contributed by atoms with Gasteiger partial charge in [0, 0.05) is 6.07 Å². The van der Waals surface area contributed by atoms with Crippen molar-refractivity contribution in [2.75, 3.05) is 6.67 Å². The Hall–Kier alpha value is -1.56. The summed E-state index contributed by atoms with van der Waals surface area (Å²) in [6.45, 7) is -0.968. The quantitative estimate of drug-likeness (QED) is 0.599. The highest BCUT2D eigenvalue weighted by molar-refractivity contribution is 5.42. The maximum atomic E-state index is 12.7. The van der Waals surface area contributed by atoms with Gasteiger partial charge in [-0.25, -0.2) is 8.78 Å². The summed E-state index contributed by atoms with van der Waals surface area (Å²) >= 11 is 0. The first kappa shape index (κ1) is 10.5. The van der Waals surface area contributed by atoms with Crippen LogP contribution in [0, 0.1) is 15.9 Å². The molecular formula is C8H8F2N2O2. The molecule has 0 saturated heterocycles. The molecule has 0 spiro atoms. The van der Waals surface area contributed by atoms with Crippen molar-refractivity contribution < 1.29 is 13.7 Å². The third-order valence-electron chi connectivity index (χ3n) is 1.75. The molecule has 0 aliphatic carbocycles. The lowest BCUT2D eigenvalue weighted by Crippen LogP contribution is -2.14. The number of halogens is 2. The van der Waals surface area contributed by atoms with E-state index in [1.165, 1.54) is 0 Å². The summed E-state index contributed by atoms with van der Waals surface area (Å²) in [6.07, 6.45) is 0. The van der Waals surface area contributed by atoms with Crippen LogP contribution in [0.25, 0.3) is 0 Å². The van der Waals surface area contributed by atoms with E-state index in [2.05, 4.69) is 0 Å². The number of hydrogen-bond acceptors (Lipinski definition) is 3. The molecular weight excluding hydrogens is 194 g/mol. The van der Waals surface area contributed by atoms with E-state index in [4.69, 9.17) is 5.73 Å². The van der Waals surface area contributed by atoms with Gasteiger partial charge in [0.1, 0.15) is 12.5 Å². The number of nitro benzene ring substituents is 1. The summed E-state index contributed by atoms with van der Waals surface area (Å²) in [4.78, 5) is 9.74. The minimum atomic E-state index is -1.16. The number of alkyl halides is 1. The first-order chi connectivity index (χ1) is 6.56. The van der Waals surface area contributed by atoms with Gasteiger partial charge in [0.15, 0.2) is 0 Å². The van der Waals surface area contributed by atoms with E-state index in [-0.39, 0.29) is 11.3 Å². The third kappa shape index (κ3) is 2.02. The van der Waals surface area contributed by atoms with Crippen LogP contribution in [0.15, 0.2) is 18.2 Å². The van der Waals surface area contributed by atoms with Crippen LogP contribution in [0.2, 0.25) is 0 Å². The molecule has 6 heteroatoms. The number of nitrogens with zero attached hydrogens (tertiary/aromatic N) is 1. The fourth-order valence-corrected chi connectivity index (χ4v) is 1.07. The summed E-state index contributed by atoms with van der Waals surface area (Å²) in [5, 5.41) is 10.5. The van der Waals surface area contributed by atoms with Gasteiger partial charge in [0.2, 0.25) is 0 Å². The Morgan fingerprint density at radius 2 is 2.21 bits per heavy atom. The molecule has 0 fully saturated rings. The lowest BCUT2D eigenvalue weighted by Gasteiger charge is -2.07. The van der Waals surface area contributed by atoms with Crippen molar-refractivity contribution in [2.24, 2.45) is 5.73 Å². The minimum absolute atomic E-state index is 0.127. The molecule has 0 unspecified atom stereocenters. The van der Waals surface area contributed by atoms with Crippen LogP contribution >= 0.6 is 0 Å². The maximum absolute atomic E-state index is 12.7. The lowest BCUT2D eigenvalue weighted by atomic mass is 10.1. The fourth-order valence-electron chi connectivity index (χ4n) is 1.07. The largest absolute Gasteiger partial charge is 0.322 e. The Bertz CT molecular complexity index is 357. The minimum Gasteiger partial charge on any atom is -0.322 e. The van der Waals surface area contributed by atoms with Gasteiger partial charge in [-0.05, 0) is 12.1 Å². The number of hydrogen-bond donors (Lipinski definition) is 1. The normalized spacial score (nSPS) is 12.5. The Kier molecular flexibility index (Phi) is 3.08. The molecule has 0 aliphatic heterocycles. The monoisotopic (exact) mass is 202 g/mol. The predicted molar refractivity (Wildman–Crippen MR) is 46.0 cm³/mol. The van der Waals surface area contributed by atoms with Crippen molar-refractivity contribution >= 4 is 5.69 Å². The second-order valence-electron chi connectivity index (χ2n) is 2.72. The van der Waals surface area contributed by atoms with Crippen LogP contribution in [0.4, 0.5) is 14.5 Å². The standard InChI is InChI=1S/C8H8F2N2O2/c9-4-7(11)6-3-5(10)1-2-8(6)12(13)14/h1-3,7H,4,11H2/t7-/m0/s1. The van der Waals surface area contributed by atoms with Crippen molar-refractivity contribution in [3.63, 3.8) is 0 Å². The molecule has 1 atom stereocenters. The van der Waals surface area contributed by atoms with Crippen molar-refractivity contribution in [1.82, 2.24) is 0 Å². The van der Waals surface area contributed by atoms with Crippen molar-refractivity contribution in [1.29, 1.82) is 0 Å².